The Labute approximate surface area is 156 Å². The second-order valence-corrected chi connectivity index (χ2v) is 6.62. The van der Waals surface area contributed by atoms with Crippen LogP contribution in [0.3, 0.4) is 0 Å². The molecule has 1 atom stereocenters. The number of ether oxygens (including phenoxy) is 2. The van der Waals surface area contributed by atoms with Crippen molar-refractivity contribution in [2.75, 3.05) is 26.8 Å². The zero-order valence-electron chi connectivity index (χ0n) is 15.2. The summed E-state index contributed by atoms with van der Waals surface area (Å²) in [7, 11) is 1.61. The van der Waals surface area contributed by atoms with Gasteiger partial charge in [-0.1, -0.05) is 0 Å². The quantitative estimate of drug-likeness (QED) is 0.784. The highest BCUT2D eigenvalue weighted by Gasteiger charge is 2.24. The maximum absolute atomic E-state index is 12.5. The molecule has 1 aliphatic heterocycles. The first-order valence-corrected chi connectivity index (χ1v) is 8.90. The number of hydrogen-bond acceptors (Lipinski definition) is 5. The second kappa shape index (κ2) is 8.57. The molecule has 0 spiro atoms. The lowest BCUT2D eigenvalue weighted by molar-refractivity contribution is -0.132. The van der Waals surface area contributed by atoms with E-state index in [2.05, 4.69) is 10.2 Å². The van der Waals surface area contributed by atoms with Crippen LogP contribution in [-0.2, 0) is 11.2 Å². The Bertz CT molecular complexity index is 887. The summed E-state index contributed by atoms with van der Waals surface area (Å²) in [6, 6.07) is 8.55. The van der Waals surface area contributed by atoms with Gasteiger partial charge in [0.2, 0.25) is 5.91 Å². The van der Waals surface area contributed by atoms with Crippen molar-refractivity contribution in [1.29, 1.82) is 0 Å². The Hall–Kier alpha value is -3.03. The third-order valence-corrected chi connectivity index (χ3v) is 4.65. The van der Waals surface area contributed by atoms with Crippen LogP contribution in [0.25, 0.3) is 0 Å². The van der Waals surface area contributed by atoms with Gasteiger partial charge in [-0.2, -0.15) is 0 Å². The third-order valence-electron chi connectivity index (χ3n) is 4.65. The van der Waals surface area contributed by atoms with Crippen LogP contribution in [0.4, 0.5) is 0 Å². The van der Waals surface area contributed by atoms with E-state index >= 15 is 0 Å². The molecule has 1 fully saturated rings. The first-order valence-electron chi connectivity index (χ1n) is 8.90. The monoisotopic (exact) mass is 373 g/mol. The fourth-order valence-electron chi connectivity index (χ4n) is 3.18. The van der Waals surface area contributed by atoms with Gasteiger partial charge in [0.05, 0.1) is 20.1 Å². The molecule has 0 bridgehead atoms. The van der Waals surface area contributed by atoms with E-state index in [-0.39, 0.29) is 23.8 Å². The minimum absolute atomic E-state index is 0.0781. The van der Waals surface area contributed by atoms with E-state index in [4.69, 9.17) is 9.47 Å². The van der Waals surface area contributed by atoms with Gasteiger partial charge in [0.1, 0.15) is 11.5 Å². The van der Waals surface area contributed by atoms with Gasteiger partial charge < -0.3 is 14.4 Å². The molecule has 2 heterocycles. The number of methoxy groups -OCH3 is 1. The molecule has 1 aliphatic rings. The summed E-state index contributed by atoms with van der Waals surface area (Å²) < 4.78 is 11.0. The number of rotatable bonds is 6. The number of aromatic nitrogens is 2. The van der Waals surface area contributed by atoms with E-state index in [1.54, 1.807) is 12.0 Å². The molecule has 0 radical (unpaired) electrons. The summed E-state index contributed by atoms with van der Waals surface area (Å²) >= 11 is 0. The summed E-state index contributed by atoms with van der Waals surface area (Å²) in [5.74, 6) is 1.60. The highest BCUT2D eigenvalue weighted by molar-refractivity contribution is 5.78. The normalized spacial score (nSPS) is 16.8. The number of benzene rings is 1. The summed E-state index contributed by atoms with van der Waals surface area (Å²) in [6.45, 7) is 1.75. The maximum Gasteiger partial charge on any atom is 0.266 e. The molecule has 2 aromatic rings. The highest BCUT2D eigenvalue weighted by atomic mass is 16.5. The molecule has 0 aliphatic carbocycles. The number of carbonyl (C=O) groups excluding carboxylic acids is 1. The van der Waals surface area contributed by atoms with Crippen molar-refractivity contribution in [2.45, 2.75) is 19.3 Å². The van der Waals surface area contributed by atoms with E-state index in [0.29, 0.717) is 19.7 Å². The maximum atomic E-state index is 12.5. The topological polar surface area (TPSA) is 104 Å². The van der Waals surface area contributed by atoms with Crippen LogP contribution in [0, 0.1) is 5.92 Å². The van der Waals surface area contributed by atoms with Crippen LogP contribution in [0.5, 0.6) is 11.5 Å². The third kappa shape index (κ3) is 4.99. The molecule has 3 rings (SSSR count). The number of aromatic amines is 2. The fraction of sp³-hybridized carbons (Fsp3) is 0.421. The minimum atomic E-state index is -0.445. The number of nitrogens with one attached hydrogen (secondary N) is 2. The van der Waals surface area contributed by atoms with Crippen LogP contribution < -0.4 is 20.6 Å². The van der Waals surface area contributed by atoms with Crippen LogP contribution in [0.2, 0.25) is 0 Å². The van der Waals surface area contributed by atoms with Crippen molar-refractivity contribution in [3.8, 4) is 11.5 Å². The molecule has 2 N–H and O–H groups in total. The molecule has 8 nitrogen and oxygen atoms in total. The predicted molar refractivity (Wildman–Crippen MR) is 99.2 cm³/mol. The van der Waals surface area contributed by atoms with E-state index in [1.165, 1.54) is 6.07 Å². The molecule has 8 heteroatoms. The van der Waals surface area contributed by atoms with Gasteiger partial charge in [-0.25, -0.2) is 0 Å². The average Bonchev–Trinajstić information content (AvgIpc) is 2.69. The minimum Gasteiger partial charge on any atom is -0.497 e. The van der Waals surface area contributed by atoms with E-state index in [0.717, 1.165) is 24.3 Å². The molecule has 1 saturated heterocycles. The van der Waals surface area contributed by atoms with Crippen molar-refractivity contribution in [3.63, 3.8) is 0 Å². The lowest BCUT2D eigenvalue weighted by atomic mass is 9.98. The summed E-state index contributed by atoms with van der Waals surface area (Å²) in [6.07, 6.45) is 1.78. The van der Waals surface area contributed by atoms with Gasteiger partial charge in [-0.3, -0.25) is 24.6 Å². The van der Waals surface area contributed by atoms with Crippen molar-refractivity contribution in [2.24, 2.45) is 5.92 Å². The highest BCUT2D eigenvalue weighted by Crippen LogP contribution is 2.21. The fourth-order valence-corrected chi connectivity index (χ4v) is 3.18. The van der Waals surface area contributed by atoms with Crippen molar-refractivity contribution in [3.05, 3.63) is 56.6 Å². The van der Waals surface area contributed by atoms with Crippen LogP contribution in [-0.4, -0.2) is 47.8 Å². The summed E-state index contributed by atoms with van der Waals surface area (Å²) in [4.78, 5) is 37.3. The van der Waals surface area contributed by atoms with Crippen molar-refractivity contribution in [1.82, 2.24) is 15.1 Å². The van der Waals surface area contributed by atoms with E-state index < -0.39 is 11.1 Å². The van der Waals surface area contributed by atoms with Gasteiger partial charge >= 0.3 is 0 Å². The summed E-state index contributed by atoms with van der Waals surface area (Å²) in [5, 5.41) is 4.44. The standard InChI is InChI=1S/C19H23N3O5/c1-26-15-4-6-16(7-5-15)27-12-13-3-2-8-22(11-13)18(24)10-14-9-17(23)20-21-19(14)25/h4-7,9,13H,2-3,8,10-12H2,1H3,(H,20,23)(H,21,25). The molecule has 144 valence electrons. The summed E-state index contributed by atoms with van der Waals surface area (Å²) in [5.41, 5.74) is -0.693. The molecular weight excluding hydrogens is 350 g/mol. The van der Waals surface area contributed by atoms with Gasteiger partial charge in [0.25, 0.3) is 11.1 Å². The smallest absolute Gasteiger partial charge is 0.266 e. The Kier molecular flexibility index (Phi) is 5.95. The first-order chi connectivity index (χ1) is 13.0. The lowest BCUT2D eigenvalue weighted by Gasteiger charge is -2.32. The first kappa shape index (κ1) is 18.8. The number of piperidine rings is 1. The van der Waals surface area contributed by atoms with Crippen molar-refractivity contribution < 1.29 is 14.3 Å². The Morgan fingerprint density at radius 3 is 2.67 bits per heavy atom. The molecular formula is C19H23N3O5. The Morgan fingerprint density at radius 2 is 1.93 bits per heavy atom. The molecule has 1 unspecified atom stereocenters. The van der Waals surface area contributed by atoms with Gasteiger partial charge in [0, 0.05) is 30.6 Å². The van der Waals surface area contributed by atoms with E-state index in [9.17, 15) is 14.4 Å². The SMILES string of the molecule is COc1ccc(OCC2CCCN(C(=O)Cc3cc(=O)[nH][nH]c3=O)C2)cc1. The number of amides is 1. The molecule has 27 heavy (non-hydrogen) atoms. The van der Waals surface area contributed by atoms with Gasteiger partial charge in [0.15, 0.2) is 0 Å². The van der Waals surface area contributed by atoms with Gasteiger partial charge in [-0.05, 0) is 37.1 Å². The zero-order valence-corrected chi connectivity index (χ0v) is 15.2. The number of H-pyrrole nitrogens is 2. The average molecular weight is 373 g/mol. The largest absolute Gasteiger partial charge is 0.497 e. The van der Waals surface area contributed by atoms with Gasteiger partial charge in [-0.15, -0.1) is 0 Å². The number of likely N-dealkylation sites (tertiary alicyclic amines) is 1. The molecule has 0 saturated carbocycles. The van der Waals surface area contributed by atoms with Crippen LogP contribution in [0.15, 0.2) is 39.9 Å². The molecule has 1 aromatic heterocycles. The number of hydrogen-bond donors (Lipinski definition) is 2. The molecule has 1 aromatic carbocycles. The van der Waals surface area contributed by atoms with Crippen LogP contribution >= 0.6 is 0 Å². The number of carbonyl (C=O) groups is 1. The Morgan fingerprint density at radius 1 is 1.19 bits per heavy atom. The zero-order chi connectivity index (χ0) is 19.2. The van der Waals surface area contributed by atoms with Crippen LogP contribution in [0.1, 0.15) is 18.4 Å². The second-order valence-electron chi connectivity index (χ2n) is 6.62. The lowest BCUT2D eigenvalue weighted by Crippen LogP contribution is -2.43. The Balaban J connectivity index is 1.55. The molecule has 1 amide bonds. The van der Waals surface area contributed by atoms with Crippen molar-refractivity contribution >= 4 is 5.91 Å². The van der Waals surface area contributed by atoms with E-state index in [1.807, 2.05) is 24.3 Å². The number of nitrogens with zero attached hydrogens (tertiary/aromatic N) is 1. The predicted octanol–water partition coefficient (Wildman–Crippen LogP) is 0.932.